The third kappa shape index (κ3) is 2.03. The van der Waals surface area contributed by atoms with Gasteiger partial charge in [0.25, 0.3) is 0 Å². The molecule has 1 aromatic carbocycles. The Labute approximate surface area is 84.1 Å². The molecule has 1 heterocycles. The molecule has 77 valence electrons. The molecule has 0 unspecified atom stereocenters. The minimum atomic E-state index is -4.32. The highest BCUT2D eigenvalue weighted by Gasteiger charge is 2.30. The average Bonchev–Trinajstić information content (AvgIpc) is 2.69. The van der Waals surface area contributed by atoms with E-state index in [1.54, 1.807) is 6.07 Å². The summed E-state index contributed by atoms with van der Waals surface area (Å²) in [5.41, 5.74) is 0.386. The molecule has 0 aliphatic rings. The molecule has 0 aliphatic carbocycles. The number of halogens is 3. The monoisotopic (exact) mass is 211 g/mol. The maximum Gasteiger partial charge on any atom is 0.416 e. The molecule has 0 amide bonds. The second kappa shape index (κ2) is 3.46. The lowest BCUT2D eigenvalue weighted by Gasteiger charge is -2.07. The third-order valence-corrected chi connectivity index (χ3v) is 1.99. The van der Waals surface area contributed by atoms with Crippen LogP contribution in [0.4, 0.5) is 13.2 Å². The molecule has 2 rings (SSSR count). The first kappa shape index (κ1) is 9.83. The lowest BCUT2D eigenvalue weighted by Crippen LogP contribution is -2.04. The van der Waals surface area contributed by atoms with Crippen LogP contribution < -0.4 is 0 Å². The van der Waals surface area contributed by atoms with Gasteiger partial charge in [-0.2, -0.15) is 13.2 Å². The lowest BCUT2D eigenvalue weighted by molar-refractivity contribution is -0.137. The number of benzene rings is 1. The minimum absolute atomic E-state index is 0.467. The molecule has 15 heavy (non-hydrogen) atoms. The summed E-state index contributed by atoms with van der Waals surface area (Å²) in [7, 11) is 0. The molecular formula is C11H6F3O. The Morgan fingerprint density at radius 1 is 1.13 bits per heavy atom. The summed E-state index contributed by atoms with van der Waals surface area (Å²) in [6.45, 7) is 0. The summed E-state index contributed by atoms with van der Waals surface area (Å²) in [5.74, 6) is 0. The predicted octanol–water partition coefficient (Wildman–Crippen LogP) is 3.77. The van der Waals surface area contributed by atoms with Gasteiger partial charge in [-0.05, 0) is 23.8 Å². The van der Waals surface area contributed by atoms with Crippen LogP contribution in [-0.2, 0) is 6.18 Å². The van der Waals surface area contributed by atoms with Gasteiger partial charge in [-0.3, -0.25) is 0 Å². The van der Waals surface area contributed by atoms with Crippen molar-refractivity contribution in [2.45, 2.75) is 6.18 Å². The molecule has 0 aliphatic heterocycles. The Hall–Kier alpha value is -1.71. The highest BCUT2D eigenvalue weighted by Crippen LogP contribution is 2.32. The quantitative estimate of drug-likeness (QED) is 0.699. The molecule has 1 radical (unpaired) electrons. The lowest BCUT2D eigenvalue weighted by atomic mass is 10.1. The van der Waals surface area contributed by atoms with Crippen LogP contribution in [-0.4, -0.2) is 0 Å². The van der Waals surface area contributed by atoms with Gasteiger partial charge in [0.1, 0.15) is 0 Å². The minimum Gasteiger partial charge on any atom is -0.460 e. The summed E-state index contributed by atoms with van der Waals surface area (Å²) in [5, 5.41) is 0. The molecule has 0 spiro atoms. The Morgan fingerprint density at radius 2 is 1.93 bits per heavy atom. The zero-order valence-corrected chi connectivity index (χ0v) is 7.51. The van der Waals surface area contributed by atoms with E-state index in [1.165, 1.54) is 18.4 Å². The second-order valence-electron chi connectivity index (χ2n) is 3.03. The van der Waals surface area contributed by atoms with Crippen molar-refractivity contribution < 1.29 is 17.6 Å². The van der Waals surface area contributed by atoms with Crippen LogP contribution in [0.2, 0.25) is 0 Å². The molecule has 0 saturated heterocycles. The summed E-state index contributed by atoms with van der Waals surface area (Å²) in [6.07, 6.45) is -0.529. The molecule has 0 N–H and O–H groups in total. The maximum absolute atomic E-state index is 12.4. The number of hydrogen-bond donors (Lipinski definition) is 0. The van der Waals surface area contributed by atoms with Crippen molar-refractivity contribution in [1.82, 2.24) is 0 Å². The zero-order chi connectivity index (χ0) is 10.9. The van der Waals surface area contributed by atoms with Gasteiger partial charge in [-0.25, -0.2) is 0 Å². The van der Waals surface area contributed by atoms with E-state index in [1.807, 2.05) is 0 Å². The molecule has 1 aromatic heterocycles. The Morgan fingerprint density at radius 3 is 2.53 bits per heavy atom. The predicted molar refractivity (Wildman–Crippen MR) is 48.0 cm³/mol. The molecule has 4 heteroatoms. The first-order chi connectivity index (χ1) is 7.07. The fourth-order valence-electron chi connectivity index (χ4n) is 1.26. The Kier molecular flexibility index (Phi) is 2.26. The van der Waals surface area contributed by atoms with E-state index < -0.39 is 11.7 Å². The van der Waals surface area contributed by atoms with E-state index in [0.717, 1.165) is 12.1 Å². The fraction of sp³-hybridized carbons (Fsp3) is 0.0909. The second-order valence-corrected chi connectivity index (χ2v) is 3.03. The maximum atomic E-state index is 12.4. The number of alkyl halides is 3. The van der Waals surface area contributed by atoms with Crippen LogP contribution in [0.1, 0.15) is 5.56 Å². The van der Waals surface area contributed by atoms with Crippen molar-refractivity contribution in [3.8, 4) is 11.1 Å². The van der Waals surface area contributed by atoms with Crippen LogP contribution >= 0.6 is 0 Å². The fourth-order valence-corrected chi connectivity index (χ4v) is 1.26. The average molecular weight is 211 g/mol. The van der Waals surface area contributed by atoms with Crippen molar-refractivity contribution >= 4 is 0 Å². The summed E-state index contributed by atoms with van der Waals surface area (Å²) in [6, 6.07) is 6.57. The summed E-state index contributed by atoms with van der Waals surface area (Å²) < 4.78 is 41.8. The van der Waals surface area contributed by atoms with Crippen molar-refractivity contribution in [3.63, 3.8) is 0 Å². The van der Waals surface area contributed by atoms with E-state index in [9.17, 15) is 13.2 Å². The first-order valence-electron chi connectivity index (χ1n) is 4.19. The number of rotatable bonds is 1. The van der Waals surface area contributed by atoms with Crippen molar-refractivity contribution in [3.05, 3.63) is 48.4 Å². The highest BCUT2D eigenvalue weighted by molar-refractivity contribution is 5.62. The normalized spacial score (nSPS) is 11.7. The highest BCUT2D eigenvalue weighted by atomic mass is 19.4. The number of hydrogen-bond acceptors (Lipinski definition) is 1. The molecule has 0 fully saturated rings. The SMILES string of the molecule is FC(F)(F)c1cccc(-c2c[c]oc2)c1. The summed E-state index contributed by atoms with van der Waals surface area (Å²) in [4.78, 5) is 0. The first-order valence-corrected chi connectivity index (χ1v) is 4.19. The van der Waals surface area contributed by atoms with E-state index >= 15 is 0 Å². The van der Waals surface area contributed by atoms with Gasteiger partial charge in [0.15, 0.2) is 6.26 Å². The van der Waals surface area contributed by atoms with Gasteiger partial charge in [-0.1, -0.05) is 12.1 Å². The standard InChI is InChI=1S/C11H6F3O/c12-11(13,14)10-3-1-2-8(6-10)9-4-5-15-7-9/h1-4,6-7H. The Bertz CT molecular complexity index is 443. The topological polar surface area (TPSA) is 13.1 Å². The van der Waals surface area contributed by atoms with Crippen LogP contribution in [0.3, 0.4) is 0 Å². The smallest absolute Gasteiger partial charge is 0.416 e. The van der Waals surface area contributed by atoms with Gasteiger partial charge in [0.05, 0.1) is 11.8 Å². The van der Waals surface area contributed by atoms with Gasteiger partial charge < -0.3 is 4.42 Å². The molecule has 1 nitrogen and oxygen atoms in total. The van der Waals surface area contributed by atoms with E-state index in [2.05, 4.69) is 10.7 Å². The Balaban J connectivity index is 2.44. The van der Waals surface area contributed by atoms with Gasteiger partial charge in [-0.15, -0.1) is 0 Å². The zero-order valence-electron chi connectivity index (χ0n) is 7.51. The van der Waals surface area contributed by atoms with Crippen LogP contribution in [0.5, 0.6) is 0 Å². The van der Waals surface area contributed by atoms with Crippen molar-refractivity contribution in [1.29, 1.82) is 0 Å². The third-order valence-electron chi connectivity index (χ3n) is 1.99. The number of furan rings is 1. The molecule has 2 aromatic rings. The molecular weight excluding hydrogens is 205 g/mol. The largest absolute Gasteiger partial charge is 0.460 e. The van der Waals surface area contributed by atoms with E-state index in [4.69, 9.17) is 0 Å². The van der Waals surface area contributed by atoms with E-state index in [0.29, 0.717) is 11.1 Å². The van der Waals surface area contributed by atoms with Gasteiger partial charge in [0.2, 0.25) is 0 Å². The van der Waals surface area contributed by atoms with Crippen LogP contribution in [0.15, 0.2) is 41.0 Å². The van der Waals surface area contributed by atoms with Gasteiger partial charge in [0, 0.05) is 5.56 Å². The van der Waals surface area contributed by atoms with Gasteiger partial charge >= 0.3 is 6.18 Å². The van der Waals surface area contributed by atoms with Crippen LogP contribution in [0.25, 0.3) is 11.1 Å². The molecule has 0 atom stereocenters. The van der Waals surface area contributed by atoms with Crippen LogP contribution in [0, 0.1) is 6.26 Å². The van der Waals surface area contributed by atoms with Crippen molar-refractivity contribution in [2.75, 3.05) is 0 Å². The molecule has 0 saturated carbocycles. The van der Waals surface area contributed by atoms with Crippen molar-refractivity contribution in [2.24, 2.45) is 0 Å². The van der Waals surface area contributed by atoms with E-state index in [-0.39, 0.29) is 0 Å². The summed E-state index contributed by atoms with van der Waals surface area (Å²) >= 11 is 0. The molecule has 0 bridgehead atoms.